The Labute approximate surface area is 109 Å². The molecular formula is C15H22NO2+. The van der Waals surface area contributed by atoms with E-state index in [1.807, 2.05) is 6.92 Å². The van der Waals surface area contributed by atoms with E-state index in [9.17, 15) is 4.79 Å². The number of carbonyl (C=O) groups excluding carboxylic acids is 1. The highest BCUT2D eigenvalue weighted by Crippen LogP contribution is 2.42. The summed E-state index contributed by atoms with van der Waals surface area (Å²) in [6.07, 6.45) is 0.866. The number of fused-ring (bicyclic) bond motifs is 1. The molecular weight excluding hydrogens is 226 g/mol. The van der Waals surface area contributed by atoms with Crippen molar-refractivity contribution < 1.29 is 9.53 Å². The van der Waals surface area contributed by atoms with Crippen molar-refractivity contribution in [3.8, 4) is 0 Å². The molecule has 2 unspecified atom stereocenters. The molecule has 0 amide bonds. The van der Waals surface area contributed by atoms with Crippen molar-refractivity contribution in [2.45, 2.75) is 19.3 Å². The van der Waals surface area contributed by atoms with Crippen molar-refractivity contribution in [1.82, 2.24) is 4.48 Å². The number of methoxy groups -OCH3 is 1. The van der Waals surface area contributed by atoms with Gasteiger partial charge < -0.3 is 4.74 Å². The highest BCUT2D eigenvalue weighted by atomic mass is 16.5. The summed E-state index contributed by atoms with van der Waals surface area (Å²) in [6, 6.07) is 8.56. The molecule has 0 N–H and O–H groups in total. The van der Waals surface area contributed by atoms with Crippen molar-refractivity contribution in [2.75, 3.05) is 27.7 Å². The Hall–Kier alpha value is -1.35. The molecule has 1 aromatic rings. The number of likely N-dealkylation sites (N-methyl/N-ethyl adjacent to an activating group) is 1. The first kappa shape index (κ1) is 13.1. The van der Waals surface area contributed by atoms with E-state index >= 15 is 0 Å². The zero-order valence-corrected chi connectivity index (χ0v) is 11.6. The summed E-state index contributed by atoms with van der Waals surface area (Å²) in [6.45, 7) is 3.01. The lowest BCUT2D eigenvalue weighted by molar-refractivity contribution is -0.145. The first-order valence-corrected chi connectivity index (χ1v) is 6.46. The second-order valence-electron chi connectivity index (χ2n) is 5.78. The van der Waals surface area contributed by atoms with Crippen molar-refractivity contribution in [3.05, 3.63) is 29.8 Å². The van der Waals surface area contributed by atoms with Crippen LogP contribution in [0.2, 0.25) is 0 Å². The van der Waals surface area contributed by atoms with E-state index in [0.29, 0.717) is 5.92 Å². The molecule has 3 heteroatoms. The quantitative estimate of drug-likeness (QED) is 0.607. The number of para-hydroxylation sites is 1. The van der Waals surface area contributed by atoms with Crippen molar-refractivity contribution in [1.29, 1.82) is 0 Å². The predicted molar refractivity (Wildman–Crippen MR) is 73.5 cm³/mol. The molecule has 0 saturated heterocycles. The first-order chi connectivity index (χ1) is 8.45. The van der Waals surface area contributed by atoms with Gasteiger partial charge in [0.25, 0.3) is 0 Å². The molecule has 1 heterocycles. The summed E-state index contributed by atoms with van der Waals surface area (Å²) in [4.78, 5) is 11.5. The van der Waals surface area contributed by atoms with Crippen LogP contribution >= 0.6 is 0 Å². The van der Waals surface area contributed by atoms with E-state index in [1.54, 1.807) is 0 Å². The van der Waals surface area contributed by atoms with Crippen molar-refractivity contribution in [2.24, 2.45) is 5.92 Å². The average Bonchev–Trinajstić information content (AvgIpc) is 2.61. The molecule has 0 aliphatic carbocycles. The zero-order chi connectivity index (χ0) is 13.3. The number of rotatable bonds is 3. The maximum atomic E-state index is 11.5. The fourth-order valence-electron chi connectivity index (χ4n) is 3.06. The SMILES string of the molecule is COC(=O)C(C)CC1C[N+](C)(C)c2ccccc21. The molecule has 0 bridgehead atoms. The summed E-state index contributed by atoms with van der Waals surface area (Å²) < 4.78 is 5.72. The van der Waals surface area contributed by atoms with Gasteiger partial charge in [-0.25, -0.2) is 0 Å². The van der Waals surface area contributed by atoms with Gasteiger partial charge in [-0.1, -0.05) is 25.1 Å². The van der Waals surface area contributed by atoms with Gasteiger partial charge in [0.05, 0.1) is 33.7 Å². The maximum absolute atomic E-state index is 11.5. The monoisotopic (exact) mass is 248 g/mol. The second kappa shape index (κ2) is 4.73. The van der Waals surface area contributed by atoms with Crippen LogP contribution in [0.15, 0.2) is 24.3 Å². The molecule has 2 rings (SSSR count). The first-order valence-electron chi connectivity index (χ1n) is 6.46. The van der Waals surface area contributed by atoms with Crippen LogP contribution in [0.25, 0.3) is 0 Å². The van der Waals surface area contributed by atoms with E-state index in [4.69, 9.17) is 4.74 Å². The Kier molecular flexibility index (Phi) is 3.44. The van der Waals surface area contributed by atoms with Crippen LogP contribution in [-0.4, -0.2) is 33.7 Å². The van der Waals surface area contributed by atoms with Gasteiger partial charge in [0.1, 0.15) is 5.69 Å². The fraction of sp³-hybridized carbons (Fsp3) is 0.533. The summed E-state index contributed by atoms with van der Waals surface area (Å²) in [7, 11) is 5.91. The Morgan fingerprint density at radius 2 is 2.11 bits per heavy atom. The lowest BCUT2D eigenvalue weighted by Gasteiger charge is -2.24. The van der Waals surface area contributed by atoms with E-state index in [1.165, 1.54) is 18.4 Å². The molecule has 1 aliphatic heterocycles. The average molecular weight is 248 g/mol. The molecule has 18 heavy (non-hydrogen) atoms. The van der Waals surface area contributed by atoms with Gasteiger partial charge in [0.2, 0.25) is 0 Å². The minimum absolute atomic E-state index is 0.0360. The second-order valence-corrected chi connectivity index (χ2v) is 5.78. The van der Waals surface area contributed by atoms with Gasteiger partial charge in [-0.15, -0.1) is 0 Å². The number of ether oxygens (including phenoxy) is 1. The predicted octanol–water partition coefficient (Wildman–Crippen LogP) is 2.55. The molecule has 0 saturated carbocycles. The molecule has 1 aliphatic rings. The lowest BCUT2D eigenvalue weighted by Crippen LogP contribution is -2.39. The highest BCUT2D eigenvalue weighted by molar-refractivity contribution is 5.72. The Balaban J connectivity index is 2.20. The highest BCUT2D eigenvalue weighted by Gasteiger charge is 2.38. The van der Waals surface area contributed by atoms with Crippen LogP contribution in [-0.2, 0) is 9.53 Å². The number of benzene rings is 1. The molecule has 98 valence electrons. The Morgan fingerprint density at radius 1 is 1.44 bits per heavy atom. The zero-order valence-electron chi connectivity index (χ0n) is 11.6. The van der Waals surface area contributed by atoms with Gasteiger partial charge in [-0.3, -0.25) is 9.28 Å². The minimum Gasteiger partial charge on any atom is -0.469 e. The summed E-state index contributed by atoms with van der Waals surface area (Å²) in [5.41, 5.74) is 2.76. The molecule has 1 aromatic carbocycles. The van der Waals surface area contributed by atoms with E-state index in [-0.39, 0.29) is 11.9 Å². The minimum atomic E-state index is -0.107. The topological polar surface area (TPSA) is 26.3 Å². The Bertz CT molecular complexity index is 454. The maximum Gasteiger partial charge on any atom is 0.308 e. The van der Waals surface area contributed by atoms with Crippen LogP contribution in [0.4, 0.5) is 5.69 Å². The molecule has 0 radical (unpaired) electrons. The molecule has 0 fully saturated rings. The lowest BCUT2D eigenvalue weighted by atomic mass is 9.91. The van der Waals surface area contributed by atoms with E-state index in [0.717, 1.165) is 17.4 Å². The largest absolute Gasteiger partial charge is 0.469 e. The molecule has 0 aromatic heterocycles. The third-order valence-corrected chi connectivity index (χ3v) is 3.95. The van der Waals surface area contributed by atoms with E-state index in [2.05, 4.69) is 38.4 Å². The van der Waals surface area contributed by atoms with E-state index < -0.39 is 0 Å². The van der Waals surface area contributed by atoms with Crippen molar-refractivity contribution >= 4 is 11.7 Å². The summed E-state index contributed by atoms with van der Waals surface area (Å²) in [5.74, 6) is 0.307. The smallest absolute Gasteiger partial charge is 0.308 e. The standard InChI is InChI=1S/C15H22NO2/c1-11(15(17)18-4)9-12-10-16(2,3)14-8-6-5-7-13(12)14/h5-8,11-12H,9-10H2,1-4H3/q+1. The number of nitrogens with zero attached hydrogens (tertiary/aromatic N) is 1. The summed E-state index contributed by atoms with van der Waals surface area (Å²) >= 11 is 0. The number of esters is 1. The van der Waals surface area contributed by atoms with Gasteiger partial charge in [0, 0.05) is 11.5 Å². The Morgan fingerprint density at radius 3 is 2.78 bits per heavy atom. The number of carbonyl (C=O) groups is 1. The summed E-state index contributed by atoms with van der Waals surface area (Å²) in [5, 5.41) is 0. The van der Waals surface area contributed by atoms with Gasteiger partial charge in [0.15, 0.2) is 0 Å². The van der Waals surface area contributed by atoms with Crippen molar-refractivity contribution in [3.63, 3.8) is 0 Å². The number of hydrogen-bond donors (Lipinski definition) is 0. The molecule has 3 nitrogen and oxygen atoms in total. The van der Waals surface area contributed by atoms with Gasteiger partial charge >= 0.3 is 5.97 Å². The number of hydrogen-bond acceptors (Lipinski definition) is 2. The number of quaternary nitrogens is 1. The van der Waals surface area contributed by atoms with Crippen LogP contribution in [0.1, 0.15) is 24.8 Å². The van der Waals surface area contributed by atoms with Gasteiger partial charge in [-0.05, 0) is 12.5 Å². The third-order valence-electron chi connectivity index (χ3n) is 3.95. The van der Waals surface area contributed by atoms with Crippen LogP contribution in [0.5, 0.6) is 0 Å². The third kappa shape index (κ3) is 2.27. The van der Waals surface area contributed by atoms with Crippen LogP contribution in [0.3, 0.4) is 0 Å². The fourth-order valence-corrected chi connectivity index (χ4v) is 3.06. The molecule has 0 spiro atoms. The van der Waals surface area contributed by atoms with Crippen LogP contribution in [0, 0.1) is 5.92 Å². The van der Waals surface area contributed by atoms with Gasteiger partial charge in [-0.2, -0.15) is 0 Å². The normalized spacial score (nSPS) is 22.3. The molecule has 2 atom stereocenters. The van der Waals surface area contributed by atoms with Crippen LogP contribution < -0.4 is 4.48 Å².